The molecule has 1 aliphatic heterocycles. The highest BCUT2D eigenvalue weighted by Gasteiger charge is 2.49. The summed E-state index contributed by atoms with van der Waals surface area (Å²) in [5.41, 5.74) is -3.04. The van der Waals surface area contributed by atoms with E-state index in [1.807, 2.05) is 20.8 Å². The van der Waals surface area contributed by atoms with Gasteiger partial charge in [-0.25, -0.2) is 0 Å². The summed E-state index contributed by atoms with van der Waals surface area (Å²) in [5.74, 6) is -2.85. The molecule has 2 aliphatic carbocycles. The lowest BCUT2D eigenvalue weighted by Gasteiger charge is -2.43. The maximum Gasteiger partial charge on any atom is 0.202 e. The number of phenols is 2. The zero-order valence-electron chi connectivity index (χ0n) is 26.2. The maximum absolute atomic E-state index is 13.8. The number of Topliss-reactive ketones (excluding diaryl/α,β-unsaturated/α-hetero) is 1. The van der Waals surface area contributed by atoms with Gasteiger partial charge in [0, 0.05) is 42.0 Å². The smallest absolute Gasteiger partial charge is 0.202 e. The van der Waals surface area contributed by atoms with Crippen LogP contribution in [0.15, 0.2) is 18.2 Å². The Kier molecular flexibility index (Phi) is 9.11. The number of hydrogen-bond donors (Lipinski definition) is 5. The third-order valence-electron chi connectivity index (χ3n) is 8.88. The van der Waals surface area contributed by atoms with Crippen LogP contribution in [0.5, 0.6) is 17.2 Å². The lowest BCUT2D eigenvalue weighted by Crippen LogP contribution is -2.56. The molecule has 0 aromatic heterocycles. The number of ketones is 3. The van der Waals surface area contributed by atoms with E-state index in [1.54, 1.807) is 6.92 Å². The Morgan fingerprint density at radius 2 is 1.80 bits per heavy atom. The Balaban J connectivity index is 1.55. The van der Waals surface area contributed by atoms with E-state index in [9.17, 15) is 34.8 Å². The zero-order chi connectivity index (χ0) is 33.0. The van der Waals surface area contributed by atoms with Crippen molar-refractivity contribution >= 4 is 17.3 Å². The Hall–Kier alpha value is -3.39. The fraction of sp³-hybridized carbons (Fsp3) is 0.545. The van der Waals surface area contributed by atoms with Crippen LogP contribution in [0.3, 0.4) is 0 Å². The lowest BCUT2D eigenvalue weighted by atomic mass is 9.72. The van der Waals surface area contributed by atoms with Gasteiger partial charge < -0.3 is 39.4 Å². The molecule has 0 spiro atoms. The predicted octanol–water partition coefficient (Wildman–Crippen LogP) is 2.68. The molecule has 0 amide bonds. The Morgan fingerprint density at radius 1 is 1.11 bits per heavy atom. The van der Waals surface area contributed by atoms with Gasteiger partial charge in [-0.3, -0.25) is 19.7 Å². The standard InChI is InChI=1S/C33H41NO11/c1-14(2)13-43-17(5)34-20-10-23(44-15(3)28(20)36)45-22-12-33(41,16(4)35)11-19-25(22)32(40)27-26(30(19)38)29(37)18-8-7-9-21(42-6)24(18)31(27)39/h7-9,14-15,17,20,22-23,28,34,36,38,40-41H,10-13H2,1-6H3/t15?,17?,20?,22-,23?,28?,33-/m0/s1. The topological polar surface area (TPSA) is 181 Å². The number of hydrogen-bond acceptors (Lipinski definition) is 12. The zero-order valence-corrected chi connectivity index (χ0v) is 26.2. The van der Waals surface area contributed by atoms with E-state index in [-0.39, 0.29) is 40.8 Å². The summed E-state index contributed by atoms with van der Waals surface area (Å²) in [4.78, 5) is 40.2. The summed E-state index contributed by atoms with van der Waals surface area (Å²) in [6.45, 7) is 9.25. The van der Waals surface area contributed by atoms with Crippen LogP contribution in [0, 0.1) is 5.92 Å². The van der Waals surface area contributed by atoms with Crippen molar-refractivity contribution in [3.05, 3.63) is 51.6 Å². The minimum absolute atomic E-state index is 0.0137. The molecule has 1 fully saturated rings. The minimum Gasteiger partial charge on any atom is -0.507 e. The molecule has 244 valence electrons. The first-order chi connectivity index (χ1) is 21.2. The number of methoxy groups -OCH3 is 1. The van der Waals surface area contributed by atoms with Crippen molar-refractivity contribution in [3.63, 3.8) is 0 Å². The number of fused-ring (bicyclic) bond motifs is 3. The van der Waals surface area contributed by atoms with Gasteiger partial charge in [-0.05, 0) is 32.8 Å². The van der Waals surface area contributed by atoms with Crippen LogP contribution in [0.25, 0.3) is 0 Å². The lowest BCUT2D eigenvalue weighted by molar-refractivity contribution is -0.251. The van der Waals surface area contributed by atoms with E-state index in [0.29, 0.717) is 12.5 Å². The number of nitrogens with one attached hydrogen (secondary N) is 1. The summed E-state index contributed by atoms with van der Waals surface area (Å²) >= 11 is 0. The van der Waals surface area contributed by atoms with Crippen LogP contribution < -0.4 is 10.1 Å². The fourth-order valence-corrected chi connectivity index (χ4v) is 6.48. The number of aliphatic hydroxyl groups excluding tert-OH is 1. The molecule has 0 radical (unpaired) electrons. The van der Waals surface area contributed by atoms with Crippen molar-refractivity contribution in [1.29, 1.82) is 0 Å². The molecule has 1 heterocycles. The third kappa shape index (κ3) is 5.86. The minimum atomic E-state index is -2.02. The molecular formula is C33H41NO11. The Bertz CT molecular complexity index is 1520. The predicted molar refractivity (Wildman–Crippen MR) is 160 cm³/mol. The van der Waals surface area contributed by atoms with Gasteiger partial charge in [-0.1, -0.05) is 26.0 Å². The Morgan fingerprint density at radius 3 is 2.44 bits per heavy atom. The molecule has 2 aromatic rings. The highest BCUT2D eigenvalue weighted by atomic mass is 16.7. The molecular weight excluding hydrogens is 586 g/mol. The quantitative estimate of drug-likeness (QED) is 0.173. The van der Waals surface area contributed by atoms with E-state index >= 15 is 0 Å². The average molecular weight is 628 g/mol. The molecule has 12 heteroatoms. The number of aliphatic hydroxyl groups is 2. The normalized spacial score (nSPS) is 28.3. The SMILES string of the molecule is COc1cccc2c1C(=O)c1c(O)c3c(c(O)c1C2=O)C[C@@](O)(C(C)=O)C[C@@H]3OC1CC(NC(C)OCC(C)C)C(O)C(C)O1. The van der Waals surface area contributed by atoms with Gasteiger partial charge in [-0.2, -0.15) is 0 Å². The van der Waals surface area contributed by atoms with E-state index in [0.717, 1.165) is 0 Å². The van der Waals surface area contributed by atoms with Crippen LogP contribution in [0.2, 0.25) is 0 Å². The molecule has 45 heavy (non-hydrogen) atoms. The molecule has 5 N–H and O–H groups in total. The molecule has 2 aromatic carbocycles. The summed E-state index contributed by atoms with van der Waals surface area (Å²) in [6.07, 6.45) is -4.87. The van der Waals surface area contributed by atoms with Gasteiger partial charge in [-0.15, -0.1) is 0 Å². The monoisotopic (exact) mass is 627 g/mol. The molecule has 1 saturated heterocycles. The first-order valence-electron chi connectivity index (χ1n) is 15.2. The molecule has 5 unspecified atom stereocenters. The first kappa shape index (κ1) is 33.0. The summed E-state index contributed by atoms with van der Waals surface area (Å²) in [5, 5.41) is 48.7. The number of benzene rings is 2. The van der Waals surface area contributed by atoms with E-state index in [4.69, 9.17) is 18.9 Å². The van der Waals surface area contributed by atoms with E-state index < -0.39 is 88.9 Å². The van der Waals surface area contributed by atoms with Crippen LogP contribution in [-0.4, -0.2) is 87.9 Å². The van der Waals surface area contributed by atoms with Crippen LogP contribution in [-0.2, 0) is 25.4 Å². The van der Waals surface area contributed by atoms with Crippen molar-refractivity contribution < 1.29 is 53.8 Å². The van der Waals surface area contributed by atoms with Gasteiger partial charge in [0.25, 0.3) is 0 Å². The molecule has 0 bridgehead atoms. The van der Waals surface area contributed by atoms with Gasteiger partial charge in [0.15, 0.2) is 17.9 Å². The van der Waals surface area contributed by atoms with Crippen LogP contribution in [0.4, 0.5) is 0 Å². The number of ether oxygens (including phenoxy) is 4. The molecule has 3 aliphatic rings. The van der Waals surface area contributed by atoms with Gasteiger partial charge in [0.05, 0.1) is 48.7 Å². The second kappa shape index (κ2) is 12.4. The highest BCUT2D eigenvalue weighted by Crippen LogP contribution is 2.52. The van der Waals surface area contributed by atoms with E-state index in [1.165, 1.54) is 32.2 Å². The second-order valence-electron chi connectivity index (χ2n) is 12.6. The first-order valence-corrected chi connectivity index (χ1v) is 15.2. The summed E-state index contributed by atoms with van der Waals surface area (Å²) in [7, 11) is 1.35. The number of aromatic hydroxyl groups is 2. The molecule has 7 atom stereocenters. The van der Waals surface area contributed by atoms with Gasteiger partial charge in [0.2, 0.25) is 5.78 Å². The molecule has 0 saturated carbocycles. The number of carbonyl (C=O) groups excluding carboxylic acids is 3. The van der Waals surface area contributed by atoms with Crippen molar-refractivity contribution in [1.82, 2.24) is 5.32 Å². The highest BCUT2D eigenvalue weighted by molar-refractivity contribution is 6.31. The fourth-order valence-electron chi connectivity index (χ4n) is 6.48. The van der Waals surface area contributed by atoms with Gasteiger partial charge >= 0.3 is 0 Å². The summed E-state index contributed by atoms with van der Waals surface area (Å²) < 4.78 is 23.4. The van der Waals surface area contributed by atoms with Crippen LogP contribution >= 0.6 is 0 Å². The van der Waals surface area contributed by atoms with Crippen molar-refractivity contribution in [3.8, 4) is 17.2 Å². The van der Waals surface area contributed by atoms with Crippen LogP contribution in [0.1, 0.15) is 96.5 Å². The molecule has 5 rings (SSSR count). The average Bonchev–Trinajstić information content (AvgIpc) is 2.98. The second-order valence-corrected chi connectivity index (χ2v) is 12.6. The number of carbonyl (C=O) groups is 3. The van der Waals surface area contributed by atoms with Crippen molar-refractivity contribution in [2.24, 2.45) is 5.92 Å². The van der Waals surface area contributed by atoms with E-state index in [2.05, 4.69) is 5.32 Å². The summed E-state index contributed by atoms with van der Waals surface area (Å²) in [6, 6.07) is 3.94. The van der Waals surface area contributed by atoms with Crippen molar-refractivity contribution in [2.75, 3.05) is 13.7 Å². The maximum atomic E-state index is 13.8. The number of rotatable bonds is 9. The molecule has 12 nitrogen and oxygen atoms in total. The van der Waals surface area contributed by atoms with Gasteiger partial charge in [0.1, 0.15) is 29.1 Å². The third-order valence-corrected chi connectivity index (χ3v) is 8.88. The Labute approximate surface area is 261 Å². The number of phenolic OH excluding ortho intramolecular Hbond substituents is 2. The van der Waals surface area contributed by atoms with Crippen molar-refractivity contribution in [2.45, 2.75) is 96.4 Å². The largest absolute Gasteiger partial charge is 0.507 e.